The maximum atomic E-state index is 12.9. The molecular formula is C19H22FNO3. The summed E-state index contributed by atoms with van der Waals surface area (Å²) >= 11 is 0. The van der Waals surface area contributed by atoms with Crippen molar-refractivity contribution >= 4 is 5.91 Å². The molecule has 0 spiro atoms. The quantitative estimate of drug-likeness (QED) is 0.849. The fourth-order valence-corrected chi connectivity index (χ4v) is 2.41. The van der Waals surface area contributed by atoms with E-state index in [1.165, 1.54) is 17.0 Å². The van der Waals surface area contributed by atoms with Crippen LogP contribution in [0.15, 0.2) is 48.5 Å². The number of benzene rings is 2. The zero-order chi connectivity index (χ0) is 17.5. The molecule has 0 aliphatic heterocycles. The number of aryl methyl sites for hydroxylation is 1. The highest BCUT2D eigenvalue weighted by Crippen LogP contribution is 2.20. The van der Waals surface area contributed by atoms with E-state index >= 15 is 0 Å². The van der Waals surface area contributed by atoms with Crippen LogP contribution in [0.25, 0.3) is 0 Å². The number of halogens is 1. The molecule has 2 aromatic rings. The van der Waals surface area contributed by atoms with Gasteiger partial charge in [0.05, 0.1) is 19.8 Å². The van der Waals surface area contributed by atoms with Crippen LogP contribution < -0.4 is 4.74 Å². The zero-order valence-corrected chi connectivity index (χ0v) is 13.9. The second-order valence-electron chi connectivity index (χ2n) is 5.69. The van der Waals surface area contributed by atoms with Gasteiger partial charge < -0.3 is 14.7 Å². The molecule has 4 nitrogen and oxygen atoms in total. The Kier molecular flexibility index (Phi) is 6.32. The molecule has 24 heavy (non-hydrogen) atoms. The minimum Gasteiger partial charge on any atom is -0.497 e. The molecule has 0 saturated carbocycles. The first-order valence-corrected chi connectivity index (χ1v) is 7.80. The third kappa shape index (κ3) is 5.06. The van der Waals surface area contributed by atoms with Crippen LogP contribution in [0, 0.1) is 5.82 Å². The predicted molar refractivity (Wildman–Crippen MR) is 90.3 cm³/mol. The largest absolute Gasteiger partial charge is 0.497 e. The Bertz CT molecular complexity index is 673. The second-order valence-corrected chi connectivity index (χ2v) is 5.69. The van der Waals surface area contributed by atoms with Crippen LogP contribution in [0.3, 0.4) is 0 Å². The molecule has 0 saturated heterocycles. The Balaban J connectivity index is 1.87. The lowest BCUT2D eigenvalue weighted by Gasteiger charge is -2.21. The van der Waals surface area contributed by atoms with Crippen molar-refractivity contribution in [1.29, 1.82) is 0 Å². The highest BCUT2D eigenvalue weighted by molar-refractivity contribution is 5.76. The number of hydrogen-bond acceptors (Lipinski definition) is 3. The number of carbonyl (C=O) groups excluding carboxylic acids is 1. The van der Waals surface area contributed by atoms with Gasteiger partial charge in [-0.05, 0) is 41.8 Å². The molecule has 0 aromatic heterocycles. The van der Waals surface area contributed by atoms with E-state index in [1.807, 2.05) is 0 Å². The number of aliphatic hydroxyl groups excluding tert-OH is 1. The summed E-state index contributed by atoms with van der Waals surface area (Å²) in [6.45, 7) is 0.204. The van der Waals surface area contributed by atoms with Crippen LogP contribution >= 0.6 is 0 Å². The summed E-state index contributed by atoms with van der Waals surface area (Å²) in [5.74, 6) is 0.307. The van der Waals surface area contributed by atoms with Crippen LogP contribution in [0.4, 0.5) is 4.39 Å². The third-order valence-electron chi connectivity index (χ3n) is 3.89. The normalized spacial score (nSPS) is 11.8. The van der Waals surface area contributed by atoms with E-state index in [0.29, 0.717) is 24.2 Å². The summed E-state index contributed by atoms with van der Waals surface area (Å²) in [5, 5.41) is 10.3. The Morgan fingerprint density at radius 3 is 2.62 bits per heavy atom. The Morgan fingerprint density at radius 2 is 1.96 bits per heavy atom. The molecule has 0 bridgehead atoms. The van der Waals surface area contributed by atoms with Crippen LogP contribution in [0.2, 0.25) is 0 Å². The summed E-state index contributed by atoms with van der Waals surface area (Å²) < 4.78 is 18.0. The summed E-state index contributed by atoms with van der Waals surface area (Å²) in [7, 11) is 3.23. The topological polar surface area (TPSA) is 49.8 Å². The standard InChI is InChI=1S/C19H22FNO3/c1-21(13-18(22)15-4-3-5-17(12-15)24-2)19(23)11-8-14-6-9-16(20)10-7-14/h3-7,9-10,12,18,22H,8,11,13H2,1-2H3. The fourth-order valence-electron chi connectivity index (χ4n) is 2.41. The average molecular weight is 331 g/mol. The van der Waals surface area contributed by atoms with Gasteiger partial charge in [0.15, 0.2) is 0 Å². The number of amides is 1. The molecule has 0 radical (unpaired) electrons. The van der Waals surface area contributed by atoms with Crippen molar-refractivity contribution in [3.05, 3.63) is 65.5 Å². The summed E-state index contributed by atoms with van der Waals surface area (Å²) in [6.07, 6.45) is 0.0750. The molecule has 0 aliphatic carbocycles. The van der Waals surface area contributed by atoms with Gasteiger partial charge in [-0.2, -0.15) is 0 Å². The number of rotatable bonds is 7. The van der Waals surface area contributed by atoms with Crippen molar-refractivity contribution in [2.75, 3.05) is 20.7 Å². The molecule has 1 unspecified atom stereocenters. The van der Waals surface area contributed by atoms with Crippen molar-refractivity contribution in [1.82, 2.24) is 4.90 Å². The molecule has 1 amide bonds. The highest BCUT2D eigenvalue weighted by atomic mass is 19.1. The van der Waals surface area contributed by atoms with Gasteiger partial charge in [-0.25, -0.2) is 4.39 Å². The van der Waals surface area contributed by atoms with Crippen molar-refractivity contribution in [2.45, 2.75) is 18.9 Å². The lowest BCUT2D eigenvalue weighted by atomic mass is 10.1. The first kappa shape index (κ1) is 17.9. The number of aliphatic hydroxyl groups is 1. The SMILES string of the molecule is COc1cccc(C(O)CN(C)C(=O)CCc2ccc(F)cc2)c1. The van der Waals surface area contributed by atoms with Crippen LogP contribution in [0.1, 0.15) is 23.7 Å². The highest BCUT2D eigenvalue weighted by Gasteiger charge is 2.15. The van der Waals surface area contributed by atoms with E-state index in [4.69, 9.17) is 4.74 Å². The van der Waals surface area contributed by atoms with Gasteiger partial charge in [0.2, 0.25) is 5.91 Å². The van der Waals surface area contributed by atoms with Crippen LogP contribution in [-0.2, 0) is 11.2 Å². The van der Waals surface area contributed by atoms with E-state index in [2.05, 4.69) is 0 Å². The van der Waals surface area contributed by atoms with E-state index in [0.717, 1.165) is 5.56 Å². The second kappa shape index (κ2) is 8.45. The van der Waals surface area contributed by atoms with Gasteiger partial charge in [-0.1, -0.05) is 24.3 Å². The lowest BCUT2D eigenvalue weighted by molar-refractivity contribution is -0.131. The van der Waals surface area contributed by atoms with E-state index < -0.39 is 6.10 Å². The van der Waals surface area contributed by atoms with E-state index in [9.17, 15) is 14.3 Å². The fraction of sp³-hybridized carbons (Fsp3) is 0.316. The third-order valence-corrected chi connectivity index (χ3v) is 3.89. The Hall–Kier alpha value is -2.40. The monoisotopic (exact) mass is 331 g/mol. The van der Waals surface area contributed by atoms with Crippen molar-refractivity contribution in [3.8, 4) is 5.75 Å². The number of carbonyl (C=O) groups is 1. The van der Waals surface area contributed by atoms with Gasteiger partial charge in [-0.15, -0.1) is 0 Å². The maximum absolute atomic E-state index is 12.9. The summed E-state index contributed by atoms with van der Waals surface area (Å²) in [6, 6.07) is 13.3. The molecular weight excluding hydrogens is 309 g/mol. The molecule has 5 heteroatoms. The number of hydrogen-bond donors (Lipinski definition) is 1. The van der Waals surface area contributed by atoms with Gasteiger partial charge in [0.25, 0.3) is 0 Å². The van der Waals surface area contributed by atoms with Crippen molar-refractivity contribution in [2.24, 2.45) is 0 Å². The number of likely N-dealkylation sites (N-methyl/N-ethyl adjacent to an activating group) is 1. The first-order valence-electron chi connectivity index (χ1n) is 7.80. The maximum Gasteiger partial charge on any atom is 0.222 e. The molecule has 1 N–H and O–H groups in total. The Morgan fingerprint density at radius 1 is 1.25 bits per heavy atom. The molecule has 2 aromatic carbocycles. The average Bonchev–Trinajstić information content (AvgIpc) is 2.60. The first-order chi connectivity index (χ1) is 11.5. The molecule has 2 rings (SSSR count). The summed E-state index contributed by atoms with van der Waals surface area (Å²) in [5.41, 5.74) is 1.61. The number of ether oxygens (including phenoxy) is 1. The smallest absolute Gasteiger partial charge is 0.222 e. The molecule has 1 atom stereocenters. The molecule has 0 heterocycles. The number of methoxy groups -OCH3 is 1. The van der Waals surface area contributed by atoms with Gasteiger partial charge in [0.1, 0.15) is 11.6 Å². The van der Waals surface area contributed by atoms with Gasteiger partial charge in [-0.3, -0.25) is 4.79 Å². The summed E-state index contributed by atoms with van der Waals surface area (Å²) in [4.78, 5) is 13.7. The molecule has 0 aliphatic rings. The lowest BCUT2D eigenvalue weighted by Crippen LogP contribution is -2.31. The van der Waals surface area contributed by atoms with Crippen LogP contribution in [-0.4, -0.2) is 36.6 Å². The van der Waals surface area contributed by atoms with E-state index in [-0.39, 0.29) is 18.3 Å². The zero-order valence-electron chi connectivity index (χ0n) is 13.9. The van der Waals surface area contributed by atoms with Crippen LogP contribution in [0.5, 0.6) is 5.75 Å². The van der Waals surface area contributed by atoms with Crippen molar-refractivity contribution in [3.63, 3.8) is 0 Å². The Labute approximate surface area is 141 Å². The van der Waals surface area contributed by atoms with Gasteiger partial charge >= 0.3 is 0 Å². The van der Waals surface area contributed by atoms with E-state index in [1.54, 1.807) is 50.6 Å². The predicted octanol–water partition coefficient (Wildman–Crippen LogP) is 2.96. The minimum absolute atomic E-state index is 0.0683. The van der Waals surface area contributed by atoms with Crippen molar-refractivity contribution < 1.29 is 19.0 Å². The molecule has 128 valence electrons. The minimum atomic E-state index is -0.778. The van der Waals surface area contributed by atoms with Gasteiger partial charge in [0, 0.05) is 13.5 Å². The molecule has 0 fully saturated rings. The number of nitrogens with zero attached hydrogens (tertiary/aromatic N) is 1.